The summed E-state index contributed by atoms with van der Waals surface area (Å²) in [4.78, 5) is 27.8. The van der Waals surface area contributed by atoms with Gasteiger partial charge < -0.3 is 14.0 Å². The standard InChI is InChI=1S/C28H35N5O3/c1-16(2)10-22-13-25(31-36-22)28-30-29-27(33(28)21-8-9-21)24-15-32(19(5)34)14-23(24)26(35)12-20-7-6-17(3)11-18(20)4/h6-7,11,13,16,21,23-24H,8-10,12,14-15H2,1-5H3/t23-,24-/m1/s1. The average Bonchev–Trinajstić information content (AvgIpc) is 3.20. The molecule has 1 amide bonds. The molecule has 8 nitrogen and oxygen atoms in total. The second kappa shape index (κ2) is 9.64. The molecule has 3 heterocycles. The summed E-state index contributed by atoms with van der Waals surface area (Å²) in [6, 6.07) is 8.44. The lowest BCUT2D eigenvalue weighted by molar-refractivity contribution is -0.128. The lowest BCUT2D eigenvalue weighted by Crippen LogP contribution is -2.28. The van der Waals surface area contributed by atoms with Gasteiger partial charge in [0.1, 0.15) is 17.4 Å². The van der Waals surface area contributed by atoms with E-state index in [4.69, 9.17) is 4.52 Å². The number of hydrogen-bond donors (Lipinski definition) is 0. The summed E-state index contributed by atoms with van der Waals surface area (Å²) in [7, 11) is 0. The van der Waals surface area contributed by atoms with E-state index in [0.717, 1.165) is 42.0 Å². The van der Waals surface area contributed by atoms with Crippen LogP contribution < -0.4 is 0 Å². The van der Waals surface area contributed by atoms with Crippen LogP contribution in [0.1, 0.15) is 73.8 Å². The van der Waals surface area contributed by atoms with Gasteiger partial charge in [0.25, 0.3) is 0 Å². The highest BCUT2D eigenvalue weighted by atomic mass is 16.5. The number of ketones is 1. The van der Waals surface area contributed by atoms with Crippen molar-refractivity contribution >= 4 is 11.7 Å². The Morgan fingerprint density at radius 2 is 1.89 bits per heavy atom. The predicted molar refractivity (Wildman–Crippen MR) is 135 cm³/mol. The Kier molecular flexibility index (Phi) is 6.53. The first-order valence-corrected chi connectivity index (χ1v) is 13.0. The maximum Gasteiger partial charge on any atom is 0.219 e. The van der Waals surface area contributed by atoms with Crippen LogP contribution in [0, 0.1) is 25.7 Å². The number of rotatable bonds is 8. The third-order valence-corrected chi connectivity index (χ3v) is 7.40. The molecule has 1 aromatic carbocycles. The van der Waals surface area contributed by atoms with Gasteiger partial charge in [-0.2, -0.15) is 0 Å². The Labute approximate surface area is 212 Å². The van der Waals surface area contributed by atoms with Crippen LogP contribution in [0.5, 0.6) is 0 Å². The predicted octanol–water partition coefficient (Wildman–Crippen LogP) is 4.46. The van der Waals surface area contributed by atoms with Gasteiger partial charge >= 0.3 is 0 Å². The number of carbonyl (C=O) groups excluding carboxylic acids is 2. The van der Waals surface area contributed by atoms with Gasteiger partial charge in [0, 0.05) is 56.8 Å². The van der Waals surface area contributed by atoms with Crippen LogP contribution in [-0.4, -0.2) is 49.6 Å². The molecular formula is C28H35N5O3. The molecule has 0 spiro atoms. The molecule has 0 unspecified atom stereocenters. The van der Waals surface area contributed by atoms with Gasteiger partial charge in [0.2, 0.25) is 5.91 Å². The monoisotopic (exact) mass is 489 g/mol. The zero-order valence-corrected chi connectivity index (χ0v) is 21.8. The lowest BCUT2D eigenvalue weighted by Gasteiger charge is -2.18. The average molecular weight is 490 g/mol. The van der Waals surface area contributed by atoms with Gasteiger partial charge in [0.05, 0.1) is 0 Å². The first kappa shape index (κ1) is 24.4. The van der Waals surface area contributed by atoms with Crippen molar-refractivity contribution in [2.75, 3.05) is 13.1 Å². The van der Waals surface area contributed by atoms with Crippen molar-refractivity contribution in [1.82, 2.24) is 24.8 Å². The van der Waals surface area contributed by atoms with Crippen molar-refractivity contribution in [3.05, 3.63) is 52.5 Å². The lowest BCUT2D eigenvalue weighted by atomic mass is 9.87. The number of nitrogens with zero attached hydrogens (tertiary/aromatic N) is 5. The summed E-state index contributed by atoms with van der Waals surface area (Å²) in [5.41, 5.74) is 4.01. The van der Waals surface area contributed by atoms with E-state index in [1.165, 1.54) is 5.56 Å². The van der Waals surface area contributed by atoms with E-state index in [1.54, 1.807) is 11.8 Å². The number of benzene rings is 1. The zero-order valence-electron chi connectivity index (χ0n) is 21.8. The summed E-state index contributed by atoms with van der Waals surface area (Å²) in [6.07, 6.45) is 3.24. The van der Waals surface area contributed by atoms with E-state index in [9.17, 15) is 9.59 Å². The fourth-order valence-electron chi connectivity index (χ4n) is 5.35. The summed E-state index contributed by atoms with van der Waals surface area (Å²) in [6.45, 7) is 10.8. The molecular weight excluding hydrogens is 454 g/mol. The van der Waals surface area contributed by atoms with Gasteiger partial charge in [-0.05, 0) is 43.7 Å². The van der Waals surface area contributed by atoms with Crippen molar-refractivity contribution < 1.29 is 14.1 Å². The van der Waals surface area contributed by atoms with Crippen molar-refractivity contribution in [3.63, 3.8) is 0 Å². The zero-order chi connectivity index (χ0) is 25.6. The second-order valence-corrected chi connectivity index (χ2v) is 11.0. The molecule has 8 heteroatoms. The van der Waals surface area contributed by atoms with Crippen LogP contribution in [0.2, 0.25) is 0 Å². The quantitative estimate of drug-likeness (QED) is 0.464. The van der Waals surface area contributed by atoms with Gasteiger partial charge in [-0.3, -0.25) is 9.59 Å². The van der Waals surface area contributed by atoms with Crippen molar-refractivity contribution in [2.24, 2.45) is 11.8 Å². The number of carbonyl (C=O) groups is 2. The summed E-state index contributed by atoms with van der Waals surface area (Å²) in [5.74, 6) is 2.36. The summed E-state index contributed by atoms with van der Waals surface area (Å²) >= 11 is 0. The summed E-state index contributed by atoms with van der Waals surface area (Å²) in [5, 5.41) is 13.4. The number of Topliss-reactive ketones (excluding diaryl/α,β-unsaturated/α-hetero) is 1. The van der Waals surface area contributed by atoms with Gasteiger partial charge in [0.15, 0.2) is 11.5 Å². The van der Waals surface area contributed by atoms with E-state index in [1.807, 2.05) is 25.1 Å². The third-order valence-electron chi connectivity index (χ3n) is 7.40. The van der Waals surface area contributed by atoms with Crippen LogP contribution in [0.25, 0.3) is 11.5 Å². The van der Waals surface area contributed by atoms with Crippen molar-refractivity contribution in [3.8, 4) is 11.5 Å². The number of amides is 1. The van der Waals surface area contributed by atoms with Gasteiger partial charge in [-0.1, -0.05) is 42.8 Å². The first-order valence-electron chi connectivity index (χ1n) is 13.0. The van der Waals surface area contributed by atoms with E-state index in [2.05, 4.69) is 46.8 Å². The van der Waals surface area contributed by atoms with E-state index < -0.39 is 0 Å². The molecule has 1 saturated heterocycles. The molecule has 0 bridgehead atoms. The van der Waals surface area contributed by atoms with Gasteiger partial charge in [-0.15, -0.1) is 10.2 Å². The van der Waals surface area contributed by atoms with Crippen LogP contribution in [0.15, 0.2) is 28.8 Å². The largest absolute Gasteiger partial charge is 0.361 e. The minimum Gasteiger partial charge on any atom is -0.361 e. The Balaban J connectivity index is 1.47. The Morgan fingerprint density at radius 1 is 1.11 bits per heavy atom. The van der Waals surface area contributed by atoms with Crippen LogP contribution in [0.3, 0.4) is 0 Å². The fourth-order valence-corrected chi connectivity index (χ4v) is 5.35. The van der Waals surface area contributed by atoms with E-state index in [-0.39, 0.29) is 29.6 Å². The second-order valence-electron chi connectivity index (χ2n) is 11.0. The first-order chi connectivity index (χ1) is 17.2. The summed E-state index contributed by atoms with van der Waals surface area (Å²) < 4.78 is 7.73. The normalized spacial score (nSPS) is 19.9. The van der Waals surface area contributed by atoms with Crippen molar-refractivity contribution in [2.45, 2.75) is 72.3 Å². The molecule has 2 aromatic heterocycles. The molecule has 1 saturated carbocycles. The van der Waals surface area contributed by atoms with E-state index >= 15 is 0 Å². The topological polar surface area (TPSA) is 94.1 Å². The Morgan fingerprint density at radius 3 is 2.56 bits per heavy atom. The minimum atomic E-state index is -0.321. The molecule has 2 fully saturated rings. The smallest absolute Gasteiger partial charge is 0.219 e. The molecule has 2 aliphatic rings. The SMILES string of the molecule is CC(=O)N1C[C@@H](C(=O)Cc2ccc(C)cc2C)[C@H](c2nnc(-c3cc(CC(C)C)on3)n2C2CC2)C1. The Bertz CT molecular complexity index is 1290. The molecule has 0 radical (unpaired) electrons. The van der Waals surface area contributed by atoms with E-state index in [0.29, 0.717) is 36.9 Å². The fraction of sp³-hybridized carbons (Fsp3) is 0.536. The molecule has 1 aliphatic heterocycles. The number of hydrogen-bond acceptors (Lipinski definition) is 6. The number of likely N-dealkylation sites (tertiary alicyclic amines) is 1. The number of aromatic nitrogens is 4. The van der Waals surface area contributed by atoms with Crippen LogP contribution in [0.4, 0.5) is 0 Å². The molecule has 2 atom stereocenters. The maximum atomic E-state index is 13.7. The molecule has 1 aliphatic carbocycles. The number of aryl methyl sites for hydroxylation is 2. The minimum absolute atomic E-state index is 0.0191. The highest BCUT2D eigenvalue weighted by Crippen LogP contribution is 2.43. The highest BCUT2D eigenvalue weighted by Gasteiger charge is 2.44. The molecule has 36 heavy (non-hydrogen) atoms. The third kappa shape index (κ3) is 4.86. The van der Waals surface area contributed by atoms with Crippen molar-refractivity contribution in [1.29, 1.82) is 0 Å². The Hall–Kier alpha value is -3.29. The van der Waals surface area contributed by atoms with Crippen LogP contribution >= 0.6 is 0 Å². The van der Waals surface area contributed by atoms with Crippen LogP contribution in [-0.2, 0) is 22.4 Å². The molecule has 5 rings (SSSR count). The van der Waals surface area contributed by atoms with Gasteiger partial charge in [-0.25, -0.2) is 0 Å². The molecule has 190 valence electrons. The molecule has 0 N–H and O–H groups in total. The molecule has 3 aromatic rings. The maximum absolute atomic E-state index is 13.7. The highest BCUT2D eigenvalue weighted by molar-refractivity contribution is 5.86.